The molecule has 154 valence electrons. The number of ether oxygens (including phenoxy) is 1. The highest BCUT2D eigenvalue weighted by atomic mass is 16.5. The molecule has 7 heteroatoms. The Balaban J connectivity index is 1.48. The summed E-state index contributed by atoms with van der Waals surface area (Å²) in [6.45, 7) is 4.73. The zero-order chi connectivity index (χ0) is 20.0. The summed E-state index contributed by atoms with van der Waals surface area (Å²) >= 11 is 0. The Morgan fingerprint density at radius 3 is 2.50 bits per heavy atom. The number of nitrogens with one attached hydrogen (secondary N) is 2. The first kappa shape index (κ1) is 20.6. The molecule has 2 aliphatic rings. The van der Waals surface area contributed by atoms with E-state index >= 15 is 0 Å². The maximum absolute atomic E-state index is 12.4. The Hall–Kier alpha value is -2.12. The first-order valence-electron chi connectivity index (χ1n) is 10.2. The fourth-order valence-electron chi connectivity index (χ4n) is 4.28. The lowest BCUT2D eigenvalue weighted by Gasteiger charge is -2.42. The predicted octanol–water partition coefficient (Wildman–Crippen LogP) is 1.97. The van der Waals surface area contributed by atoms with Gasteiger partial charge < -0.3 is 20.5 Å². The lowest BCUT2D eigenvalue weighted by Crippen LogP contribution is -2.57. The van der Waals surface area contributed by atoms with Crippen LogP contribution in [-0.4, -0.2) is 66.9 Å². The molecule has 1 aliphatic carbocycles. The lowest BCUT2D eigenvalue weighted by molar-refractivity contribution is -0.139. The normalized spacial score (nSPS) is 23.6. The molecule has 1 heterocycles. The quantitative estimate of drug-likeness (QED) is 0.632. The van der Waals surface area contributed by atoms with Crippen LogP contribution in [0.25, 0.3) is 0 Å². The number of carbonyl (C=O) groups excluding carboxylic acids is 1. The minimum Gasteiger partial charge on any atom is -0.480 e. The molecule has 1 aromatic carbocycles. The molecular weight excluding hydrogens is 358 g/mol. The second-order valence-electron chi connectivity index (χ2n) is 7.86. The van der Waals surface area contributed by atoms with Crippen molar-refractivity contribution in [1.82, 2.24) is 15.5 Å². The Labute approximate surface area is 166 Å². The van der Waals surface area contributed by atoms with Crippen molar-refractivity contribution >= 4 is 12.0 Å². The molecule has 3 rings (SSSR count). The van der Waals surface area contributed by atoms with Crippen LogP contribution in [0.1, 0.15) is 38.2 Å². The van der Waals surface area contributed by atoms with E-state index in [0.29, 0.717) is 26.3 Å². The van der Waals surface area contributed by atoms with Crippen molar-refractivity contribution in [3.05, 3.63) is 35.9 Å². The maximum atomic E-state index is 12.4. The summed E-state index contributed by atoms with van der Waals surface area (Å²) in [5.41, 5.74) is 1.16. The molecular formula is C21H31N3O4. The fourth-order valence-corrected chi connectivity index (χ4v) is 4.28. The third-order valence-electron chi connectivity index (χ3n) is 6.13. The first-order valence-corrected chi connectivity index (χ1v) is 10.2. The fraction of sp³-hybridized carbons (Fsp3) is 0.619. The average molecular weight is 389 g/mol. The molecule has 0 aromatic heterocycles. The van der Waals surface area contributed by atoms with E-state index in [9.17, 15) is 9.59 Å². The van der Waals surface area contributed by atoms with E-state index in [2.05, 4.69) is 22.8 Å². The van der Waals surface area contributed by atoms with Gasteiger partial charge in [-0.2, -0.15) is 0 Å². The van der Waals surface area contributed by atoms with E-state index in [1.807, 2.05) is 30.0 Å². The highest BCUT2D eigenvalue weighted by molar-refractivity contribution is 5.74. The summed E-state index contributed by atoms with van der Waals surface area (Å²) in [6, 6.07) is 10.5. The van der Waals surface area contributed by atoms with Gasteiger partial charge in [0.2, 0.25) is 0 Å². The standard InChI is InChI=1S/C21H31N3O4/c1-2-24(14-19(25)26)18-12-17(13-18)23-20(27)22-15-21(8-10-28-11-9-21)16-6-4-3-5-7-16/h3-7,17-18H,2,8-15H2,1H3,(H,25,26)(H2,22,23,27). The van der Waals surface area contributed by atoms with E-state index in [-0.39, 0.29) is 30.1 Å². The third-order valence-corrected chi connectivity index (χ3v) is 6.13. The van der Waals surface area contributed by atoms with E-state index in [4.69, 9.17) is 9.84 Å². The summed E-state index contributed by atoms with van der Waals surface area (Å²) in [7, 11) is 0. The number of amides is 2. The molecule has 28 heavy (non-hydrogen) atoms. The number of urea groups is 1. The SMILES string of the molecule is CCN(CC(=O)O)C1CC(NC(=O)NCC2(c3ccccc3)CCOCC2)C1. The van der Waals surface area contributed by atoms with Crippen LogP contribution in [0.5, 0.6) is 0 Å². The highest BCUT2D eigenvalue weighted by Crippen LogP contribution is 2.34. The van der Waals surface area contributed by atoms with Gasteiger partial charge in [-0.05, 0) is 37.8 Å². The van der Waals surface area contributed by atoms with Crippen molar-refractivity contribution < 1.29 is 19.4 Å². The Bertz CT molecular complexity index is 655. The number of carboxylic acid groups (broad SMARTS) is 1. The van der Waals surface area contributed by atoms with Crippen LogP contribution < -0.4 is 10.6 Å². The van der Waals surface area contributed by atoms with Crippen molar-refractivity contribution in [3.63, 3.8) is 0 Å². The third kappa shape index (κ3) is 5.02. The van der Waals surface area contributed by atoms with Crippen LogP contribution in [0.15, 0.2) is 30.3 Å². The molecule has 2 fully saturated rings. The summed E-state index contributed by atoms with van der Waals surface area (Å²) < 4.78 is 5.54. The van der Waals surface area contributed by atoms with Crippen molar-refractivity contribution in [2.24, 2.45) is 0 Å². The Morgan fingerprint density at radius 1 is 1.21 bits per heavy atom. The first-order chi connectivity index (χ1) is 13.5. The van der Waals surface area contributed by atoms with E-state index < -0.39 is 5.97 Å². The van der Waals surface area contributed by atoms with Gasteiger partial charge in [0.05, 0.1) is 6.54 Å². The number of benzene rings is 1. The van der Waals surface area contributed by atoms with Gasteiger partial charge in [0.1, 0.15) is 0 Å². The van der Waals surface area contributed by atoms with Crippen LogP contribution in [0.2, 0.25) is 0 Å². The van der Waals surface area contributed by atoms with Crippen molar-refractivity contribution in [2.45, 2.75) is 50.1 Å². The molecule has 0 bridgehead atoms. The molecule has 0 unspecified atom stereocenters. The van der Waals surface area contributed by atoms with Gasteiger partial charge in [0.15, 0.2) is 0 Å². The summed E-state index contributed by atoms with van der Waals surface area (Å²) in [5, 5.41) is 15.1. The van der Waals surface area contributed by atoms with Gasteiger partial charge >= 0.3 is 12.0 Å². The van der Waals surface area contributed by atoms with Gasteiger partial charge in [0.25, 0.3) is 0 Å². The number of nitrogens with zero attached hydrogens (tertiary/aromatic N) is 1. The molecule has 2 amide bonds. The number of carboxylic acids is 1. The monoisotopic (exact) mass is 389 g/mol. The number of carbonyl (C=O) groups is 2. The summed E-state index contributed by atoms with van der Waals surface area (Å²) in [6.07, 6.45) is 3.38. The zero-order valence-electron chi connectivity index (χ0n) is 16.5. The Kier molecular flexibility index (Phi) is 6.91. The largest absolute Gasteiger partial charge is 0.480 e. The van der Waals surface area contributed by atoms with Crippen LogP contribution >= 0.6 is 0 Å². The molecule has 7 nitrogen and oxygen atoms in total. The average Bonchev–Trinajstić information content (AvgIpc) is 2.68. The van der Waals surface area contributed by atoms with Gasteiger partial charge in [-0.1, -0.05) is 37.3 Å². The number of hydrogen-bond donors (Lipinski definition) is 3. The van der Waals surface area contributed by atoms with Crippen molar-refractivity contribution in [3.8, 4) is 0 Å². The maximum Gasteiger partial charge on any atom is 0.317 e. The van der Waals surface area contributed by atoms with E-state index in [0.717, 1.165) is 25.7 Å². The van der Waals surface area contributed by atoms with E-state index in [1.165, 1.54) is 5.56 Å². The van der Waals surface area contributed by atoms with Crippen LogP contribution in [0.4, 0.5) is 4.79 Å². The molecule has 0 atom stereocenters. The minimum atomic E-state index is -0.807. The smallest absolute Gasteiger partial charge is 0.317 e. The zero-order valence-corrected chi connectivity index (χ0v) is 16.5. The van der Waals surface area contributed by atoms with Crippen LogP contribution in [0, 0.1) is 0 Å². The van der Waals surface area contributed by atoms with Gasteiger partial charge in [-0.15, -0.1) is 0 Å². The number of hydrogen-bond acceptors (Lipinski definition) is 4. The second-order valence-corrected chi connectivity index (χ2v) is 7.86. The molecule has 0 radical (unpaired) electrons. The molecule has 0 spiro atoms. The lowest BCUT2D eigenvalue weighted by atomic mass is 9.74. The van der Waals surface area contributed by atoms with E-state index in [1.54, 1.807) is 0 Å². The van der Waals surface area contributed by atoms with Gasteiger partial charge in [-0.3, -0.25) is 9.69 Å². The number of likely N-dealkylation sites (N-methyl/N-ethyl adjacent to an activating group) is 1. The molecule has 3 N–H and O–H groups in total. The van der Waals surface area contributed by atoms with Gasteiger partial charge in [-0.25, -0.2) is 4.79 Å². The van der Waals surface area contributed by atoms with Crippen LogP contribution in [-0.2, 0) is 14.9 Å². The summed E-state index contributed by atoms with van der Waals surface area (Å²) in [5.74, 6) is -0.807. The molecule has 1 saturated heterocycles. The van der Waals surface area contributed by atoms with Crippen molar-refractivity contribution in [1.29, 1.82) is 0 Å². The summed E-state index contributed by atoms with van der Waals surface area (Å²) in [4.78, 5) is 25.3. The minimum absolute atomic E-state index is 0.0573. The molecule has 1 aliphatic heterocycles. The number of aliphatic carboxylic acids is 1. The molecule has 1 saturated carbocycles. The second kappa shape index (κ2) is 9.39. The van der Waals surface area contributed by atoms with Crippen molar-refractivity contribution in [2.75, 3.05) is 32.8 Å². The van der Waals surface area contributed by atoms with Gasteiger partial charge in [0, 0.05) is 37.3 Å². The topological polar surface area (TPSA) is 90.9 Å². The molecule has 1 aromatic rings. The highest BCUT2D eigenvalue weighted by Gasteiger charge is 2.37. The Morgan fingerprint density at radius 2 is 1.89 bits per heavy atom. The predicted molar refractivity (Wildman–Crippen MR) is 106 cm³/mol. The van der Waals surface area contributed by atoms with Crippen LogP contribution in [0.3, 0.4) is 0 Å². The number of rotatable bonds is 8.